The number of benzene rings is 1. The molecule has 0 saturated carbocycles. The van der Waals surface area contributed by atoms with Crippen LogP contribution in [0.4, 0.5) is 5.69 Å². The molecular weight excluding hydrogens is 232 g/mol. The van der Waals surface area contributed by atoms with Gasteiger partial charge in [0.05, 0.1) is 5.69 Å². The molecule has 0 amide bonds. The fraction of sp³-hybridized carbons (Fsp3) is 0.214. The lowest BCUT2D eigenvalue weighted by atomic mass is 10.1. The zero-order valence-electron chi connectivity index (χ0n) is 9.57. The highest BCUT2D eigenvalue weighted by molar-refractivity contribution is 6.31. The summed E-state index contributed by atoms with van der Waals surface area (Å²) in [5.74, 6) is 0. The molecule has 2 nitrogen and oxygen atoms in total. The van der Waals surface area contributed by atoms with Crippen LogP contribution in [0.5, 0.6) is 0 Å². The van der Waals surface area contributed by atoms with Crippen LogP contribution in [0.3, 0.4) is 0 Å². The summed E-state index contributed by atoms with van der Waals surface area (Å²) in [4.78, 5) is 4.02. The van der Waals surface area contributed by atoms with Gasteiger partial charge in [0.1, 0.15) is 0 Å². The van der Waals surface area contributed by atoms with E-state index in [1.165, 1.54) is 5.56 Å². The van der Waals surface area contributed by atoms with Crippen LogP contribution in [0, 0.1) is 0 Å². The highest BCUT2D eigenvalue weighted by Gasteiger charge is 1.98. The number of aryl methyl sites for hydroxylation is 1. The Labute approximate surface area is 107 Å². The summed E-state index contributed by atoms with van der Waals surface area (Å²) >= 11 is 5.95. The van der Waals surface area contributed by atoms with Gasteiger partial charge < -0.3 is 5.32 Å². The van der Waals surface area contributed by atoms with Gasteiger partial charge in [-0.25, -0.2) is 4.98 Å². The van der Waals surface area contributed by atoms with Crippen molar-refractivity contribution in [3.05, 3.63) is 59.4 Å². The van der Waals surface area contributed by atoms with Gasteiger partial charge in [0.25, 0.3) is 0 Å². The number of nitrogens with one attached hydrogen (secondary N) is 1. The third kappa shape index (κ3) is 3.75. The molecule has 2 aromatic rings. The summed E-state index contributed by atoms with van der Waals surface area (Å²) in [5, 5.41) is 3.82. The standard InChI is InChI=1S/C14H15ClN2/c15-14-13(9-5-11-17-14)16-10-4-8-12-6-2-1-3-7-12/h1-3,5-7,9,11,16H,4,8,10H2. The van der Waals surface area contributed by atoms with E-state index in [4.69, 9.17) is 11.6 Å². The predicted octanol–water partition coefficient (Wildman–Crippen LogP) is 3.78. The lowest BCUT2D eigenvalue weighted by Crippen LogP contribution is -2.03. The van der Waals surface area contributed by atoms with E-state index < -0.39 is 0 Å². The van der Waals surface area contributed by atoms with Gasteiger partial charge in [-0.1, -0.05) is 41.9 Å². The molecule has 0 atom stereocenters. The van der Waals surface area contributed by atoms with E-state index in [-0.39, 0.29) is 0 Å². The van der Waals surface area contributed by atoms with Crippen LogP contribution in [0.25, 0.3) is 0 Å². The van der Waals surface area contributed by atoms with E-state index in [1.807, 2.05) is 18.2 Å². The first-order chi connectivity index (χ1) is 8.36. The van der Waals surface area contributed by atoms with Crippen molar-refractivity contribution < 1.29 is 0 Å². The lowest BCUT2D eigenvalue weighted by molar-refractivity contribution is 0.862. The smallest absolute Gasteiger partial charge is 0.152 e. The van der Waals surface area contributed by atoms with E-state index in [0.29, 0.717) is 5.15 Å². The van der Waals surface area contributed by atoms with Gasteiger partial charge in [-0.15, -0.1) is 0 Å². The van der Waals surface area contributed by atoms with Gasteiger partial charge in [-0.05, 0) is 30.5 Å². The van der Waals surface area contributed by atoms with E-state index in [2.05, 4.69) is 34.6 Å². The molecule has 0 spiro atoms. The molecule has 1 N–H and O–H groups in total. The number of hydrogen-bond donors (Lipinski definition) is 1. The predicted molar refractivity (Wildman–Crippen MR) is 72.5 cm³/mol. The van der Waals surface area contributed by atoms with Crippen LogP contribution in [0.1, 0.15) is 12.0 Å². The quantitative estimate of drug-likeness (QED) is 0.642. The number of pyridine rings is 1. The van der Waals surface area contributed by atoms with Crippen molar-refractivity contribution in [2.75, 3.05) is 11.9 Å². The molecule has 1 heterocycles. The van der Waals surface area contributed by atoms with E-state index in [0.717, 1.165) is 25.1 Å². The Kier molecular flexibility index (Phi) is 4.39. The van der Waals surface area contributed by atoms with Gasteiger partial charge in [-0.2, -0.15) is 0 Å². The SMILES string of the molecule is Clc1ncccc1NCCCc1ccccc1. The molecule has 0 unspecified atom stereocenters. The van der Waals surface area contributed by atoms with Crippen molar-refractivity contribution >= 4 is 17.3 Å². The number of anilines is 1. The van der Waals surface area contributed by atoms with E-state index >= 15 is 0 Å². The molecule has 88 valence electrons. The summed E-state index contributed by atoms with van der Waals surface area (Å²) < 4.78 is 0. The van der Waals surface area contributed by atoms with Gasteiger partial charge in [0.2, 0.25) is 0 Å². The Morgan fingerprint density at radius 2 is 1.88 bits per heavy atom. The maximum Gasteiger partial charge on any atom is 0.152 e. The van der Waals surface area contributed by atoms with Crippen LogP contribution in [0.15, 0.2) is 48.7 Å². The Morgan fingerprint density at radius 3 is 2.65 bits per heavy atom. The number of nitrogens with zero attached hydrogens (tertiary/aromatic N) is 1. The number of rotatable bonds is 5. The van der Waals surface area contributed by atoms with Crippen LogP contribution in [0.2, 0.25) is 5.15 Å². The van der Waals surface area contributed by atoms with Crippen molar-refractivity contribution in [3.63, 3.8) is 0 Å². The first-order valence-electron chi connectivity index (χ1n) is 5.74. The minimum Gasteiger partial charge on any atom is -0.383 e. The molecule has 0 aliphatic rings. The molecule has 0 saturated heterocycles. The topological polar surface area (TPSA) is 24.9 Å². The number of hydrogen-bond acceptors (Lipinski definition) is 2. The van der Waals surface area contributed by atoms with Crippen LogP contribution in [-0.4, -0.2) is 11.5 Å². The summed E-state index contributed by atoms with van der Waals surface area (Å²) in [5.41, 5.74) is 2.27. The molecular formula is C14H15ClN2. The molecule has 0 fully saturated rings. The van der Waals surface area contributed by atoms with Crippen LogP contribution >= 0.6 is 11.6 Å². The first kappa shape index (κ1) is 11.9. The van der Waals surface area contributed by atoms with Crippen molar-refractivity contribution in [2.45, 2.75) is 12.8 Å². The largest absolute Gasteiger partial charge is 0.383 e. The fourth-order valence-corrected chi connectivity index (χ4v) is 1.86. The second-order valence-electron chi connectivity index (χ2n) is 3.86. The minimum absolute atomic E-state index is 0.534. The molecule has 1 aromatic heterocycles. The molecule has 0 aliphatic heterocycles. The van der Waals surface area contributed by atoms with Gasteiger partial charge >= 0.3 is 0 Å². The molecule has 17 heavy (non-hydrogen) atoms. The molecule has 0 aliphatic carbocycles. The normalized spacial score (nSPS) is 10.2. The molecule has 0 bridgehead atoms. The monoisotopic (exact) mass is 246 g/mol. The van der Waals surface area contributed by atoms with Crippen molar-refractivity contribution in [2.24, 2.45) is 0 Å². The van der Waals surface area contributed by atoms with Gasteiger partial charge in [0.15, 0.2) is 5.15 Å². The highest BCUT2D eigenvalue weighted by atomic mass is 35.5. The summed E-state index contributed by atoms with van der Waals surface area (Å²) in [6, 6.07) is 14.3. The Hall–Kier alpha value is -1.54. The lowest BCUT2D eigenvalue weighted by Gasteiger charge is -2.07. The van der Waals surface area contributed by atoms with Gasteiger partial charge in [0, 0.05) is 12.7 Å². The Morgan fingerprint density at radius 1 is 1.06 bits per heavy atom. The number of aromatic nitrogens is 1. The summed E-state index contributed by atoms with van der Waals surface area (Å²) in [6.45, 7) is 0.903. The minimum atomic E-state index is 0.534. The van der Waals surface area contributed by atoms with E-state index in [1.54, 1.807) is 6.20 Å². The van der Waals surface area contributed by atoms with Crippen molar-refractivity contribution in [1.29, 1.82) is 0 Å². The average molecular weight is 247 g/mol. The third-order valence-corrected chi connectivity index (χ3v) is 2.86. The number of halogens is 1. The second-order valence-corrected chi connectivity index (χ2v) is 4.22. The summed E-state index contributed by atoms with van der Waals surface area (Å²) in [6.07, 6.45) is 3.85. The van der Waals surface area contributed by atoms with Crippen LogP contribution in [-0.2, 0) is 6.42 Å². The maximum atomic E-state index is 5.95. The summed E-state index contributed by atoms with van der Waals surface area (Å²) in [7, 11) is 0. The molecule has 1 aromatic carbocycles. The fourth-order valence-electron chi connectivity index (χ4n) is 1.68. The van der Waals surface area contributed by atoms with Crippen molar-refractivity contribution in [1.82, 2.24) is 4.98 Å². The zero-order chi connectivity index (χ0) is 11.9. The molecule has 0 radical (unpaired) electrons. The van der Waals surface area contributed by atoms with E-state index in [9.17, 15) is 0 Å². The first-order valence-corrected chi connectivity index (χ1v) is 6.12. The van der Waals surface area contributed by atoms with Crippen molar-refractivity contribution in [3.8, 4) is 0 Å². The highest BCUT2D eigenvalue weighted by Crippen LogP contribution is 2.17. The van der Waals surface area contributed by atoms with Crippen LogP contribution < -0.4 is 5.32 Å². The maximum absolute atomic E-state index is 5.95. The Bertz CT molecular complexity index is 457. The Balaban J connectivity index is 1.76. The van der Waals surface area contributed by atoms with Gasteiger partial charge in [-0.3, -0.25) is 0 Å². The third-order valence-electron chi connectivity index (χ3n) is 2.56. The molecule has 2 rings (SSSR count). The second kappa shape index (κ2) is 6.26. The zero-order valence-corrected chi connectivity index (χ0v) is 10.3. The average Bonchev–Trinajstić information content (AvgIpc) is 2.38. The molecule has 3 heteroatoms.